The van der Waals surface area contributed by atoms with Crippen molar-refractivity contribution in [1.82, 2.24) is 0 Å². The van der Waals surface area contributed by atoms with Crippen LogP contribution < -0.4 is 0 Å². The molecule has 0 radical (unpaired) electrons. The first-order valence-electron chi connectivity index (χ1n) is 6.68. The summed E-state index contributed by atoms with van der Waals surface area (Å²) in [5, 5.41) is 0. The summed E-state index contributed by atoms with van der Waals surface area (Å²) in [5.74, 6) is -0.114. The van der Waals surface area contributed by atoms with Gasteiger partial charge < -0.3 is 9.79 Å². The number of benzene rings is 2. The second-order valence-corrected chi connectivity index (χ2v) is 6.67. The second kappa shape index (κ2) is 6.85. The molecule has 0 saturated heterocycles. The van der Waals surface area contributed by atoms with E-state index in [2.05, 4.69) is 0 Å². The Morgan fingerprint density at radius 2 is 1.45 bits per heavy atom. The van der Waals surface area contributed by atoms with E-state index >= 15 is 0 Å². The number of hydrogen-bond donors (Lipinski definition) is 2. The third kappa shape index (κ3) is 4.93. The van der Waals surface area contributed by atoms with E-state index in [9.17, 15) is 14.4 Å². The molecule has 1 atom stereocenters. The average molecular weight is 290 g/mol. The molecule has 0 aliphatic heterocycles. The van der Waals surface area contributed by atoms with Gasteiger partial charge in [-0.3, -0.25) is 4.57 Å². The number of rotatable bonds is 6. The van der Waals surface area contributed by atoms with Crippen molar-refractivity contribution in [3.63, 3.8) is 0 Å². The van der Waals surface area contributed by atoms with Gasteiger partial charge in [-0.25, -0.2) is 0 Å². The van der Waals surface area contributed by atoms with Gasteiger partial charge in [0.2, 0.25) is 0 Å². The van der Waals surface area contributed by atoms with Crippen LogP contribution in [0.4, 0.5) is 0 Å². The van der Waals surface area contributed by atoms with Crippen LogP contribution in [-0.4, -0.2) is 15.9 Å². The van der Waals surface area contributed by atoms with Crippen molar-refractivity contribution in [2.45, 2.75) is 18.8 Å². The van der Waals surface area contributed by atoms with Crippen molar-refractivity contribution in [2.75, 3.05) is 6.16 Å². The Kier molecular flexibility index (Phi) is 5.13. The number of hydrogen-bond acceptors (Lipinski definition) is 1. The molecule has 0 spiro atoms. The minimum atomic E-state index is -4.01. The van der Waals surface area contributed by atoms with Crippen LogP contribution in [0.1, 0.15) is 23.5 Å². The van der Waals surface area contributed by atoms with E-state index in [4.69, 9.17) is 0 Å². The lowest BCUT2D eigenvalue weighted by Gasteiger charge is -2.18. The third-order valence-corrected chi connectivity index (χ3v) is 4.27. The predicted octanol–water partition coefficient (Wildman–Crippen LogP) is 3.58. The van der Waals surface area contributed by atoms with Crippen LogP contribution in [0.2, 0.25) is 0 Å². The molecule has 3 nitrogen and oxygen atoms in total. The van der Waals surface area contributed by atoms with Crippen molar-refractivity contribution in [1.29, 1.82) is 0 Å². The van der Waals surface area contributed by atoms with Gasteiger partial charge in [0.15, 0.2) is 0 Å². The van der Waals surface area contributed by atoms with Crippen molar-refractivity contribution in [2.24, 2.45) is 0 Å². The van der Waals surface area contributed by atoms with Crippen LogP contribution in [0.5, 0.6) is 0 Å². The molecule has 0 aromatic heterocycles. The molecule has 0 saturated carbocycles. The van der Waals surface area contributed by atoms with Gasteiger partial charge in [-0.15, -0.1) is 0 Å². The second-order valence-electron chi connectivity index (χ2n) is 4.98. The van der Waals surface area contributed by atoms with Crippen LogP contribution in [0, 0.1) is 0 Å². The molecular weight excluding hydrogens is 271 g/mol. The lowest BCUT2D eigenvalue weighted by Crippen LogP contribution is -2.07. The molecule has 4 heteroatoms. The molecule has 0 aliphatic carbocycles. The van der Waals surface area contributed by atoms with E-state index in [0.717, 1.165) is 18.4 Å². The maximum atomic E-state index is 11.3. The molecule has 0 aliphatic rings. The number of aryl methyl sites for hydroxylation is 1. The summed E-state index contributed by atoms with van der Waals surface area (Å²) >= 11 is 0. The van der Waals surface area contributed by atoms with Gasteiger partial charge in [0.25, 0.3) is 0 Å². The minimum Gasteiger partial charge on any atom is -0.324 e. The zero-order chi connectivity index (χ0) is 14.4. The largest absolute Gasteiger partial charge is 0.326 e. The van der Waals surface area contributed by atoms with E-state index in [-0.39, 0.29) is 12.1 Å². The molecule has 0 fully saturated rings. The highest BCUT2D eigenvalue weighted by molar-refractivity contribution is 7.51. The summed E-state index contributed by atoms with van der Waals surface area (Å²) in [5.41, 5.74) is 2.19. The van der Waals surface area contributed by atoms with E-state index in [0.29, 0.717) is 0 Å². The van der Waals surface area contributed by atoms with Gasteiger partial charge in [0, 0.05) is 0 Å². The molecule has 2 aromatic rings. The summed E-state index contributed by atoms with van der Waals surface area (Å²) in [7, 11) is -4.01. The highest BCUT2D eigenvalue weighted by Gasteiger charge is 2.22. The molecule has 2 N–H and O–H groups in total. The third-order valence-electron chi connectivity index (χ3n) is 3.35. The summed E-state index contributed by atoms with van der Waals surface area (Å²) < 4.78 is 11.3. The summed E-state index contributed by atoms with van der Waals surface area (Å²) in [6.45, 7) is 0. The SMILES string of the molecule is O=P(O)(O)CC(CCc1ccccc1)c1ccccc1. The van der Waals surface area contributed by atoms with Crippen LogP contribution >= 0.6 is 7.60 Å². The Balaban J connectivity index is 2.09. The summed E-state index contributed by atoms with van der Waals surface area (Å²) in [6, 6.07) is 19.6. The molecule has 0 bridgehead atoms. The van der Waals surface area contributed by atoms with E-state index < -0.39 is 7.60 Å². The Bertz CT molecular complexity index is 563. The van der Waals surface area contributed by atoms with Crippen molar-refractivity contribution in [3.05, 3.63) is 71.8 Å². The Labute approximate surface area is 119 Å². The fourth-order valence-electron chi connectivity index (χ4n) is 2.36. The van der Waals surface area contributed by atoms with Crippen LogP contribution in [0.25, 0.3) is 0 Å². The van der Waals surface area contributed by atoms with Crippen LogP contribution in [0.15, 0.2) is 60.7 Å². The van der Waals surface area contributed by atoms with Crippen molar-refractivity contribution >= 4 is 7.60 Å². The zero-order valence-corrected chi connectivity index (χ0v) is 12.1. The van der Waals surface area contributed by atoms with Crippen molar-refractivity contribution < 1.29 is 14.4 Å². The minimum absolute atomic E-state index is 0.0934. The van der Waals surface area contributed by atoms with Crippen molar-refractivity contribution in [3.8, 4) is 0 Å². The van der Waals surface area contributed by atoms with Crippen LogP contribution in [-0.2, 0) is 11.0 Å². The summed E-state index contributed by atoms with van der Waals surface area (Å²) in [4.78, 5) is 18.5. The van der Waals surface area contributed by atoms with Gasteiger partial charge in [0.05, 0.1) is 6.16 Å². The Morgan fingerprint density at radius 3 is 2.00 bits per heavy atom. The molecular formula is C16H19O3P. The molecule has 2 aromatic carbocycles. The molecule has 2 rings (SSSR count). The first kappa shape index (κ1) is 15.0. The van der Waals surface area contributed by atoms with Gasteiger partial charge in [-0.2, -0.15) is 0 Å². The van der Waals surface area contributed by atoms with Gasteiger partial charge >= 0.3 is 7.60 Å². The highest BCUT2D eigenvalue weighted by Crippen LogP contribution is 2.41. The fourth-order valence-corrected chi connectivity index (χ4v) is 3.33. The molecule has 0 heterocycles. The first-order valence-corrected chi connectivity index (χ1v) is 8.48. The lowest BCUT2D eigenvalue weighted by atomic mass is 9.94. The molecule has 20 heavy (non-hydrogen) atoms. The topological polar surface area (TPSA) is 57.5 Å². The lowest BCUT2D eigenvalue weighted by molar-refractivity contribution is 0.367. The van der Waals surface area contributed by atoms with Gasteiger partial charge in [-0.1, -0.05) is 60.7 Å². The standard InChI is InChI=1S/C16H19O3P/c17-20(18,19)13-16(15-9-5-2-6-10-15)12-11-14-7-3-1-4-8-14/h1-10,16H,11-13H2,(H2,17,18,19). The van der Waals surface area contributed by atoms with E-state index in [1.807, 2.05) is 60.7 Å². The Hall–Kier alpha value is -1.41. The highest BCUT2D eigenvalue weighted by atomic mass is 31.2. The monoisotopic (exact) mass is 290 g/mol. The molecule has 0 amide bonds. The normalized spacial score (nSPS) is 13.1. The van der Waals surface area contributed by atoms with E-state index in [1.54, 1.807) is 0 Å². The van der Waals surface area contributed by atoms with Gasteiger partial charge in [-0.05, 0) is 29.9 Å². The first-order chi connectivity index (χ1) is 9.54. The molecule has 1 unspecified atom stereocenters. The van der Waals surface area contributed by atoms with E-state index in [1.165, 1.54) is 5.56 Å². The summed E-state index contributed by atoms with van der Waals surface area (Å²) in [6.07, 6.45) is 1.46. The maximum Gasteiger partial charge on any atom is 0.326 e. The van der Waals surface area contributed by atoms with Crippen LogP contribution in [0.3, 0.4) is 0 Å². The zero-order valence-electron chi connectivity index (χ0n) is 11.2. The quantitative estimate of drug-likeness (QED) is 0.799. The maximum absolute atomic E-state index is 11.3. The average Bonchev–Trinajstić information content (AvgIpc) is 2.44. The smallest absolute Gasteiger partial charge is 0.324 e. The Morgan fingerprint density at radius 1 is 0.900 bits per heavy atom. The predicted molar refractivity (Wildman–Crippen MR) is 80.9 cm³/mol. The van der Waals surface area contributed by atoms with Gasteiger partial charge in [0.1, 0.15) is 0 Å². The molecule has 106 valence electrons. The fraction of sp³-hybridized carbons (Fsp3) is 0.250.